The summed E-state index contributed by atoms with van der Waals surface area (Å²) in [4.78, 5) is 16.5. The summed E-state index contributed by atoms with van der Waals surface area (Å²) >= 11 is 0. The van der Waals surface area contributed by atoms with Gasteiger partial charge in [-0.2, -0.15) is 0 Å². The van der Waals surface area contributed by atoms with Gasteiger partial charge < -0.3 is 30.6 Å². The van der Waals surface area contributed by atoms with Crippen molar-refractivity contribution in [2.75, 3.05) is 0 Å². The van der Waals surface area contributed by atoms with E-state index in [0.29, 0.717) is 0 Å². The number of hydrogen-bond acceptors (Lipinski definition) is 6. The van der Waals surface area contributed by atoms with Gasteiger partial charge in [0.05, 0.1) is 10.2 Å². The molecule has 9 heteroatoms. The molecule has 50 valence electrons. The van der Waals surface area contributed by atoms with Crippen LogP contribution in [0.5, 0.6) is 0 Å². The zero-order chi connectivity index (χ0) is 7.15. The molecule has 0 spiro atoms. The van der Waals surface area contributed by atoms with Crippen LogP contribution < -0.4 is 0 Å². The normalized spacial score (nSPS) is 5.33. The van der Waals surface area contributed by atoms with Gasteiger partial charge in [-0.1, -0.05) is 0 Å². The third-order valence-corrected chi connectivity index (χ3v) is 0. The number of nitrogens with zero attached hydrogens (tertiary/aromatic N) is 2. The smallest absolute Gasteiger partial charge is 0.0689 e. The fourth-order valence-electron chi connectivity index (χ4n) is 0. The topological polar surface area (TPSA) is 132 Å². The number of hydrogen-bond donors (Lipinski definition) is 0. The standard InChI is InChI=1S/Hg.2NO3/c;2*2-1(3)4/q;2*-1. The monoisotopic (exact) mass is 326 g/mol. The predicted molar refractivity (Wildman–Crippen MR) is 20.7 cm³/mol. The van der Waals surface area contributed by atoms with Gasteiger partial charge in [-0.3, -0.25) is 0 Å². The van der Waals surface area contributed by atoms with Crippen LogP contribution in [0.3, 0.4) is 0 Å². The summed E-state index contributed by atoms with van der Waals surface area (Å²) < 4.78 is 0. The van der Waals surface area contributed by atoms with Gasteiger partial charge in [-0.25, -0.2) is 0 Å². The van der Waals surface area contributed by atoms with Gasteiger partial charge in [0.1, 0.15) is 0 Å². The molecule has 0 radical (unpaired) electrons. The van der Waals surface area contributed by atoms with Gasteiger partial charge in [-0.05, 0) is 0 Å². The molecule has 0 unspecified atom stereocenters. The average Bonchev–Trinajstić information content (AvgIpc) is 1.25. The first-order chi connectivity index (χ1) is 3.46. The molecule has 8 nitrogen and oxygen atoms in total. The van der Waals surface area contributed by atoms with E-state index in [4.69, 9.17) is 30.6 Å². The first kappa shape index (κ1) is 15.8. The zero-order valence-electron chi connectivity index (χ0n) is 4.05. The summed E-state index contributed by atoms with van der Waals surface area (Å²) in [6, 6.07) is 0. The van der Waals surface area contributed by atoms with Gasteiger partial charge in [0.25, 0.3) is 0 Å². The van der Waals surface area contributed by atoms with Crippen molar-refractivity contribution in [3.63, 3.8) is 0 Å². The van der Waals surface area contributed by atoms with Crippen LogP contribution in [0.1, 0.15) is 0 Å². The van der Waals surface area contributed by atoms with Crippen molar-refractivity contribution in [1.29, 1.82) is 0 Å². The van der Waals surface area contributed by atoms with E-state index in [0.717, 1.165) is 0 Å². The van der Waals surface area contributed by atoms with E-state index in [2.05, 4.69) is 0 Å². The molecule has 0 amide bonds. The van der Waals surface area contributed by atoms with Crippen molar-refractivity contribution in [2.24, 2.45) is 0 Å². The average molecular weight is 325 g/mol. The molecule has 0 fully saturated rings. The van der Waals surface area contributed by atoms with Crippen LogP contribution in [0.15, 0.2) is 0 Å². The quantitative estimate of drug-likeness (QED) is 0.336. The van der Waals surface area contributed by atoms with E-state index < -0.39 is 10.2 Å². The van der Waals surface area contributed by atoms with Crippen molar-refractivity contribution in [3.8, 4) is 0 Å². The molecule has 0 saturated heterocycles. The maximum Gasteiger partial charge on any atom is 0.0689 e. The van der Waals surface area contributed by atoms with Crippen LogP contribution >= 0.6 is 0 Å². The zero-order valence-corrected chi connectivity index (χ0v) is 9.55. The maximum absolute atomic E-state index is 8.25. The fraction of sp³-hybridized carbons (Fsp3) is 0. The van der Waals surface area contributed by atoms with E-state index >= 15 is 0 Å². The molecule has 0 heterocycles. The summed E-state index contributed by atoms with van der Waals surface area (Å²) in [7, 11) is 0. The van der Waals surface area contributed by atoms with Gasteiger partial charge in [0, 0.05) is 27.7 Å². The Labute approximate surface area is 68.8 Å². The third kappa shape index (κ3) is 472. The second-order valence-corrected chi connectivity index (χ2v) is 0.447. The Bertz CT molecular complexity index is 69.1. The molecule has 0 aliphatic rings. The van der Waals surface area contributed by atoms with E-state index in [1.807, 2.05) is 0 Å². The van der Waals surface area contributed by atoms with Crippen molar-refractivity contribution < 1.29 is 37.8 Å². The van der Waals surface area contributed by atoms with Crippen molar-refractivity contribution >= 4 is 0 Å². The molecular formula is HgN2O6-2. The van der Waals surface area contributed by atoms with Crippen LogP contribution in [0.2, 0.25) is 0 Å². The van der Waals surface area contributed by atoms with Crippen LogP contribution in [0, 0.1) is 30.6 Å². The molecule has 0 bridgehead atoms. The Morgan fingerprint density at radius 3 is 0.778 bits per heavy atom. The van der Waals surface area contributed by atoms with Gasteiger partial charge in [0.15, 0.2) is 0 Å². The van der Waals surface area contributed by atoms with Crippen LogP contribution in [-0.4, -0.2) is 10.2 Å². The fourth-order valence-corrected chi connectivity index (χ4v) is 0. The summed E-state index contributed by atoms with van der Waals surface area (Å²) in [5, 5.41) is 29.5. The molecule has 0 aliphatic heterocycles. The van der Waals surface area contributed by atoms with E-state index in [1.54, 1.807) is 0 Å². The third-order valence-electron chi connectivity index (χ3n) is 0. The van der Waals surface area contributed by atoms with E-state index in [-0.39, 0.29) is 27.7 Å². The molecular weight excluding hydrogens is 325 g/mol. The van der Waals surface area contributed by atoms with Gasteiger partial charge >= 0.3 is 0 Å². The first-order valence-corrected chi connectivity index (χ1v) is 1.10. The summed E-state index contributed by atoms with van der Waals surface area (Å²) in [6.07, 6.45) is 0. The van der Waals surface area contributed by atoms with Gasteiger partial charge in [0.2, 0.25) is 0 Å². The summed E-state index contributed by atoms with van der Waals surface area (Å²) in [6.45, 7) is 0. The Balaban J connectivity index is -0.0000000720. The minimum Gasteiger partial charge on any atom is -0.356 e. The summed E-state index contributed by atoms with van der Waals surface area (Å²) in [5.74, 6) is 0. The molecule has 0 rings (SSSR count). The molecule has 0 aromatic heterocycles. The molecule has 0 aliphatic carbocycles. The molecule has 0 atom stereocenters. The minimum absolute atomic E-state index is 0. The Hall–Kier alpha value is -0.665. The van der Waals surface area contributed by atoms with Crippen molar-refractivity contribution in [3.05, 3.63) is 30.6 Å². The van der Waals surface area contributed by atoms with Crippen LogP contribution in [-0.2, 0) is 27.7 Å². The maximum atomic E-state index is 8.25. The first-order valence-electron chi connectivity index (χ1n) is 1.10. The Kier molecular flexibility index (Phi) is 18.1. The Morgan fingerprint density at radius 2 is 0.778 bits per heavy atom. The second kappa shape index (κ2) is 10.3. The van der Waals surface area contributed by atoms with Gasteiger partial charge in [-0.15, -0.1) is 0 Å². The van der Waals surface area contributed by atoms with E-state index in [1.165, 1.54) is 0 Å². The number of rotatable bonds is 0. The largest absolute Gasteiger partial charge is 0.356 e. The molecule has 9 heavy (non-hydrogen) atoms. The van der Waals surface area contributed by atoms with Crippen molar-refractivity contribution in [1.82, 2.24) is 0 Å². The van der Waals surface area contributed by atoms with Crippen LogP contribution in [0.25, 0.3) is 0 Å². The molecule has 0 aromatic carbocycles. The molecule has 0 saturated carbocycles. The molecule has 0 aromatic rings. The molecule has 0 N–H and O–H groups in total. The SMILES string of the molecule is O=[N+]([O-])[O-].O=[N+]([O-])[O-].[Hg]. The minimum atomic E-state index is -1.75. The second-order valence-electron chi connectivity index (χ2n) is 0.447. The summed E-state index contributed by atoms with van der Waals surface area (Å²) in [5.41, 5.74) is 0. The predicted octanol–water partition coefficient (Wildman–Crippen LogP) is -0.481. The Morgan fingerprint density at radius 1 is 0.778 bits per heavy atom. The van der Waals surface area contributed by atoms with E-state index in [9.17, 15) is 0 Å². The van der Waals surface area contributed by atoms with Crippen molar-refractivity contribution in [2.45, 2.75) is 0 Å². The van der Waals surface area contributed by atoms with Crippen LogP contribution in [0.4, 0.5) is 0 Å².